The largest absolute Gasteiger partial charge is 0.496 e. The molecule has 19 atom stereocenters. The lowest BCUT2D eigenvalue weighted by Gasteiger charge is -2.46. The topological polar surface area (TPSA) is 300 Å². The molecule has 1 aromatic carbocycles. The van der Waals surface area contributed by atoms with E-state index in [4.69, 9.17) is 52.2 Å². The standard InChI is InChI=1S/C63H84INO21S3/c1-30-24-45(79-29-38(30)25-32(3)67)84-57-52(72)50(65-86-46-27-41(68)58(37(8)80-46)88-59(74)47-33(4)49(64)55(34(5)54(47)77-12)85-60-53(73)56(78-13)51(71)36(7)82-60)35(6)81-61(57)83-43-18-16-14-15-17-21-63(75)28-42(69)39(26-44(70)76-11)48(43)40(63)20-23-87-89-62(9,10)22-19-31(2)66/h14-15,20,30,35-38,41,43,45-46,50-53,56-58,60-61,65,68,71-73,75H,19,22-29H2,1-13H3/b15-14-,40-20-/t30?,35?,36?,37?,38?,41?,43-,45?,46?,50?,51?,52?,53?,56?,57?,58?,60?,61?,63-/m0/s1. The lowest BCUT2D eigenvalue weighted by Crippen LogP contribution is -2.64. The van der Waals surface area contributed by atoms with Gasteiger partial charge < -0.3 is 82.5 Å². The first-order chi connectivity index (χ1) is 42.0. The second-order valence-electron chi connectivity index (χ2n) is 23.9. The Kier molecular flexibility index (Phi) is 26.3. The number of hydrogen-bond acceptors (Lipinski definition) is 25. The lowest BCUT2D eigenvalue weighted by molar-refractivity contribution is -0.335. The van der Waals surface area contributed by atoms with Gasteiger partial charge in [0, 0.05) is 65.6 Å². The fourth-order valence-corrected chi connectivity index (χ4v) is 15.9. The summed E-state index contributed by atoms with van der Waals surface area (Å²) in [5.74, 6) is 11.0. The van der Waals surface area contributed by atoms with Gasteiger partial charge in [-0.1, -0.05) is 70.0 Å². The van der Waals surface area contributed by atoms with E-state index in [0.29, 0.717) is 46.1 Å². The zero-order valence-corrected chi connectivity index (χ0v) is 57.0. The Morgan fingerprint density at radius 3 is 2.22 bits per heavy atom. The van der Waals surface area contributed by atoms with Crippen LogP contribution in [0, 0.1) is 52.9 Å². The molecule has 4 heterocycles. The van der Waals surface area contributed by atoms with Crippen molar-refractivity contribution >= 4 is 84.4 Å². The van der Waals surface area contributed by atoms with Crippen molar-refractivity contribution in [2.75, 3.05) is 33.7 Å². The summed E-state index contributed by atoms with van der Waals surface area (Å²) in [4.78, 5) is 72.1. The number of methoxy groups -OCH3 is 3. The van der Waals surface area contributed by atoms with E-state index in [1.807, 2.05) is 43.4 Å². The molecule has 1 aromatic rings. The van der Waals surface area contributed by atoms with Gasteiger partial charge in [0.1, 0.15) is 59.7 Å². The number of halogens is 1. The van der Waals surface area contributed by atoms with Crippen molar-refractivity contribution in [1.29, 1.82) is 0 Å². The van der Waals surface area contributed by atoms with Crippen LogP contribution in [-0.2, 0) is 61.9 Å². The van der Waals surface area contributed by atoms with E-state index >= 15 is 0 Å². The van der Waals surface area contributed by atoms with Gasteiger partial charge in [0.15, 0.2) is 30.3 Å². The van der Waals surface area contributed by atoms with Crippen LogP contribution in [0.4, 0.5) is 0 Å². The van der Waals surface area contributed by atoms with Gasteiger partial charge in [0.2, 0.25) is 11.4 Å². The number of aliphatic hydroxyl groups is 5. The molecular formula is C63H84INO21S3. The number of nitrogens with one attached hydrogen (secondary N) is 1. The highest BCUT2D eigenvalue weighted by Gasteiger charge is 2.52. The molecule has 22 nitrogen and oxygen atoms in total. The summed E-state index contributed by atoms with van der Waals surface area (Å²) < 4.78 is 61.2. The van der Waals surface area contributed by atoms with Gasteiger partial charge in [0.05, 0.1) is 78.5 Å². The average Bonchev–Trinajstić information content (AvgIpc) is 1.21. The summed E-state index contributed by atoms with van der Waals surface area (Å²) in [5, 5.41) is 57.2. The molecule has 2 aliphatic carbocycles. The Balaban J connectivity index is 1.12. The Morgan fingerprint density at radius 2 is 1.57 bits per heavy atom. The number of carbonyl (C=O) groups is 5. The summed E-state index contributed by atoms with van der Waals surface area (Å²) in [5.41, 5.74) is 2.19. The van der Waals surface area contributed by atoms with Crippen LogP contribution in [-0.4, -0.2) is 195 Å². The zero-order chi connectivity index (χ0) is 65.4. The minimum atomic E-state index is -2.08. The van der Waals surface area contributed by atoms with Gasteiger partial charge in [-0.2, -0.15) is 5.48 Å². The molecule has 2 bridgehead atoms. The third-order valence-electron chi connectivity index (χ3n) is 16.6. The minimum Gasteiger partial charge on any atom is -0.496 e. The highest BCUT2D eigenvalue weighted by Crippen LogP contribution is 2.46. The molecule has 4 saturated heterocycles. The van der Waals surface area contributed by atoms with E-state index in [0.717, 1.165) is 11.8 Å². The predicted octanol–water partition coefficient (Wildman–Crippen LogP) is 5.85. The van der Waals surface area contributed by atoms with Gasteiger partial charge in [0.25, 0.3) is 0 Å². The summed E-state index contributed by atoms with van der Waals surface area (Å²) in [6.45, 7) is 17.7. The number of allylic oxidation sites excluding steroid dienone is 2. The number of benzene rings is 1. The number of esters is 1. The number of carbonyl (C=O) groups excluding carboxylic acids is 5. The van der Waals surface area contributed by atoms with Crippen LogP contribution in [0.2, 0.25) is 0 Å². The van der Waals surface area contributed by atoms with Gasteiger partial charge in [-0.05, 0) is 121 Å². The molecule has 4 aliphatic heterocycles. The molecule has 7 rings (SSSR count). The van der Waals surface area contributed by atoms with Crippen LogP contribution in [0.15, 0.2) is 34.9 Å². The number of thioether (sulfide) groups is 1. The number of fused-ring (bicyclic) bond motifs is 2. The maximum Gasteiger partial charge on any atom is 0.310 e. The van der Waals surface area contributed by atoms with Crippen molar-refractivity contribution in [3.05, 3.63) is 55.2 Å². The Labute approximate surface area is 546 Å². The van der Waals surface area contributed by atoms with Gasteiger partial charge in [-0.3, -0.25) is 19.2 Å². The van der Waals surface area contributed by atoms with Crippen LogP contribution in [0.3, 0.4) is 0 Å². The van der Waals surface area contributed by atoms with Crippen LogP contribution in [0.5, 0.6) is 11.5 Å². The fourth-order valence-electron chi connectivity index (χ4n) is 11.5. The van der Waals surface area contributed by atoms with Crippen LogP contribution in [0.1, 0.15) is 122 Å². The molecule has 0 amide bonds. The monoisotopic (exact) mass is 1410 g/mol. The van der Waals surface area contributed by atoms with Crippen molar-refractivity contribution in [3.63, 3.8) is 0 Å². The van der Waals surface area contributed by atoms with Crippen molar-refractivity contribution in [1.82, 2.24) is 5.48 Å². The van der Waals surface area contributed by atoms with Crippen molar-refractivity contribution in [2.24, 2.45) is 11.8 Å². The van der Waals surface area contributed by atoms with Crippen LogP contribution >= 0.6 is 55.9 Å². The lowest BCUT2D eigenvalue weighted by atomic mass is 9.72. The van der Waals surface area contributed by atoms with E-state index in [9.17, 15) is 49.5 Å². The molecule has 492 valence electrons. The Hall–Kier alpha value is -3.47. The number of hydroxylamine groups is 1. The van der Waals surface area contributed by atoms with Gasteiger partial charge in [-0.25, -0.2) is 0 Å². The molecule has 26 heteroatoms. The maximum absolute atomic E-state index is 14.4. The molecule has 0 radical (unpaired) electrons. The highest BCUT2D eigenvalue weighted by molar-refractivity contribution is 14.1. The molecule has 0 aromatic heterocycles. The molecule has 0 saturated carbocycles. The molecule has 6 N–H and O–H groups in total. The van der Waals surface area contributed by atoms with Gasteiger partial charge in [-0.15, -0.1) is 0 Å². The van der Waals surface area contributed by atoms with Crippen LogP contribution in [0.25, 0.3) is 0 Å². The first kappa shape index (κ1) is 72.9. The number of aliphatic hydroxyl groups excluding tert-OH is 4. The quantitative estimate of drug-likeness (QED) is 0.0176. The highest BCUT2D eigenvalue weighted by atomic mass is 127. The second-order valence-corrected chi connectivity index (χ2v) is 29.2. The normalized spacial score (nSPS) is 34.8. The zero-order valence-electron chi connectivity index (χ0n) is 52.4. The number of Topliss-reactive ketones (excluding diaryl/α,β-unsaturated/α-hetero) is 3. The number of ether oxygens (including phenoxy) is 10. The first-order valence-corrected chi connectivity index (χ1v) is 33.8. The average molecular weight is 1410 g/mol. The summed E-state index contributed by atoms with van der Waals surface area (Å²) in [6.07, 6.45) is -11.2. The first-order valence-electron chi connectivity index (χ1n) is 29.6. The van der Waals surface area contributed by atoms with E-state index in [-0.39, 0.29) is 75.0 Å². The number of ketones is 3. The smallest absolute Gasteiger partial charge is 0.310 e. The third kappa shape index (κ3) is 17.9. The summed E-state index contributed by atoms with van der Waals surface area (Å²) in [6, 6.07) is -1.10. The van der Waals surface area contributed by atoms with Crippen LogP contribution < -0.4 is 15.0 Å². The molecule has 17 unspecified atom stereocenters. The summed E-state index contributed by atoms with van der Waals surface area (Å²) in [7, 11) is 6.98. The molecule has 4 fully saturated rings. The predicted molar refractivity (Wildman–Crippen MR) is 339 cm³/mol. The van der Waals surface area contributed by atoms with E-state index in [1.54, 1.807) is 58.4 Å². The summed E-state index contributed by atoms with van der Waals surface area (Å²) >= 11 is 2.92. The third-order valence-corrected chi connectivity index (χ3v) is 22.5. The number of rotatable bonds is 24. The second kappa shape index (κ2) is 32.1. The van der Waals surface area contributed by atoms with E-state index in [1.165, 1.54) is 51.2 Å². The van der Waals surface area contributed by atoms with Crippen molar-refractivity contribution < 1.29 is 102 Å². The molecule has 6 aliphatic rings. The SMILES string of the molecule is COC(=O)CC1=C2/C(=C/CSSC(C)(C)CCC(C)=O)[C@](O)(C#C/C=C\C#C[C@@H]2OC2OC(C)C(NOC3CC(O)C(SC(=O)c4c(C)c(I)c(OC5OC(C)C(O)C(OC)C5O)c(C)c4OC)C(C)O3)C(O)C2OC2CC(C)C(CC(C)=O)CO2)CC1=O. The molecular weight excluding hydrogens is 1330 g/mol. The van der Waals surface area contributed by atoms with Crippen molar-refractivity contribution in [3.8, 4) is 35.2 Å². The van der Waals surface area contributed by atoms with E-state index in [2.05, 4.69) is 29.2 Å². The Bertz CT molecular complexity index is 2980. The minimum absolute atomic E-state index is 0.00706. The van der Waals surface area contributed by atoms with E-state index < -0.39 is 133 Å². The Morgan fingerprint density at radius 1 is 0.865 bits per heavy atom. The number of hydrogen-bond donors (Lipinski definition) is 6. The maximum atomic E-state index is 14.4. The molecule has 89 heavy (non-hydrogen) atoms. The molecule has 0 spiro atoms. The fraction of sp³-hybridized carbons (Fsp3) is 0.667. The van der Waals surface area contributed by atoms with Gasteiger partial charge >= 0.3 is 5.97 Å². The van der Waals surface area contributed by atoms with Crippen molar-refractivity contribution in [2.45, 2.75) is 222 Å².